The summed E-state index contributed by atoms with van der Waals surface area (Å²) in [7, 11) is 0. The van der Waals surface area contributed by atoms with Crippen LogP contribution in [0.3, 0.4) is 0 Å². The maximum atomic E-state index is 12.7. The Hall–Kier alpha value is -1.99. The lowest BCUT2D eigenvalue weighted by Gasteiger charge is -2.17. The number of carbonyl (C=O) groups excluding carboxylic acids is 1. The Morgan fingerprint density at radius 2 is 1.93 bits per heavy atom. The predicted molar refractivity (Wildman–Crippen MR) is 108 cm³/mol. The second kappa shape index (κ2) is 9.67. The fourth-order valence-corrected chi connectivity index (χ4v) is 4.39. The Morgan fingerprint density at radius 1 is 1.21 bits per heavy atom. The fraction of sp³-hybridized carbons (Fsp3) is 0.409. The van der Waals surface area contributed by atoms with E-state index in [2.05, 4.69) is 5.32 Å². The molecule has 1 fully saturated rings. The highest BCUT2D eigenvalue weighted by Crippen LogP contribution is 2.29. The van der Waals surface area contributed by atoms with E-state index in [0.29, 0.717) is 12.0 Å². The van der Waals surface area contributed by atoms with Crippen molar-refractivity contribution in [1.29, 1.82) is 0 Å². The van der Waals surface area contributed by atoms with Gasteiger partial charge in [-0.25, -0.2) is 0 Å². The maximum absolute atomic E-state index is 12.7. The van der Waals surface area contributed by atoms with Crippen LogP contribution in [0.4, 0.5) is 13.2 Å². The Morgan fingerprint density at radius 3 is 2.59 bits per heavy atom. The highest BCUT2D eigenvalue weighted by molar-refractivity contribution is 7.99. The van der Waals surface area contributed by atoms with E-state index in [0.717, 1.165) is 47.8 Å². The first kappa shape index (κ1) is 21.7. The molecule has 1 N–H and O–H groups in total. The highest BCUT2D eigenvalue weighted by atomic mass is 32.2. The van der Waals surface area contributed by atoms with Gasteiger partial charge in [-0.05, 0) is 56.0 Å². The quantitative estimate of drug-likeness (QED) is 0.611. The van der Waals surface area contributed by atoms with Crippen LogP contribution < -0.4 is 5.32 Å². The number of nitrogens with one attached hydrogen (secondary N) is 1. The normalized spacial score (nSPS) is 17.9. The van der Waals surface area contributed by atoms with Crippen LogP contribution in [-0.2, 0) is 17.3 Å². The molecular weight excluding hydrogens is 399 g/mol. The van der Waals surface area contributed by atoms with E-state index in [1.54, 1.807) is 17.8 Å². The number of alkyl halides is 3. The minimum atomic E-state index is -4.34. The molecule has 29 heavy (non-hydrogen) atoms. The summed E-state index contributed by atoms with van der Waals surface area (Å²) >= 11 is 1.62. The molecule has 0 aliphatic carbocycles. The molecule has 0 aromatic heterocycles. The van der Waals surface area contributed by atoms with Crippen LogP contribution in [-0.4, -0.2) is 30.4 Å². The third-order valence-corrected chi connectivity index (χ3v) is 5.99. The van der Waals surface area contributed by atoms with Gasteiger partial charge in [-0.3, -0.25) is 4.79 Å². The van der Waals surface area contributed by atoms with Crippen LogP contribution in [0.1, 0.15) is 41.3 Å². The first-order chi connectivity index (χ1) is 13.8. The number of benzene rings is 2. The summed E-state index contributed by atoms with van der Waals surface area (Å²) in [6.45, 7) is 2.65. The molecule has 0 bridgehead atoms. The zero-order chi connectivity index (χ0) is 20.9. The molecule has 1 amide bonds. The molecule has 1 aliphatic rings. The third kappa shape index (κ3) is 6.24. The first-order valence-electron chi connectivity index (χ1n) is 9.63. The van der Waals surface area contributed by atoms with E-state index < -0.39 is 11.7 Å². The van der Waals surface area contributed by atoms with Crippen LogP contribution in [0.25, 0.3) is 0 Å². The van der Waals surface area contributed by atoms with Crippen molar-refractivity contribution in [2.75, 3.05) is 12.4 Å². The number of rotatable bonds is 7. The van der Waals surface area contributed by atoms with Crippen LogP contribution in [0.2, 0.25) is 0 Å². The Labute approximate surface area is 173 Å². The molecule has 0 saturated carbocycles. The molecule has 3 nitrogen and oxygen atoms in total. The van der Waals surface area contributed by atoms with Crippen molar-refractivity contribution < 1.29 is 22.7 Å². The number of thioether (sulfide) groups is 1. The second-order valence-corrected chi connectivity index (χ2v) is 8.28. The monoisotopic (exact) mass is 423 g/mol. The van der Waals surface area contributed by atoms with E-state index in [1.165, 1.54) is 12.1 Å². The molecule has 2 aromatic carbocycles. The molecule has 1 saturated heterocycles. The van der Waals surface area contributed by atoms with Gasteiger partial charge in [0.05, 0.1) is 17.2 Å². The van der Waals surface area contributed by atoms with E-state index in [9.17, 15) is 18.0 Å². The van der Waals surface area contributed by atoms with Gasteiger partial charge in [0.15, 0.2) is 0 Å². The third-order valence-electron chi connectivity index (χ3n) is 4.78. The summed E-state index contributed by atoms with van der Waals surface area (Å²) < 4.78 is 43.7. The second-order valence-electron chi connectivity index (χ2n) is 7.22. The lowest BCUT2D eigenvalue weighted by molar-refractivity contribution is -0.137. The van der Waals surface area contributed by atoms with Crippen molar-refractivity contribution in [2.45, 2.75) is 49.4 Å². The van der Waals surface area contributed by atoms with Crippen molar-refractivity contribution in [2.24, 2.45) is 0 Å². The average molecular weight is 424 g/mol. The molecule has 1 heterocycles. The maximum Gasteiger partial charge on any atom is 0.416 e. The van der Waals surface area contributed by atoms with Gasteiger partial charge >= 0.3 is 6.18 Å². The molecule has 2 atom stereocenters. The molecule has 1 aliphatic heterocycles. The van der Waals surface area contributed by atoms with Gasteiger partial charge in [-0.1, -0.05) is 24.3 Å². The number of ether oxygens (including phenoxy) is 1. The standard InChI is InChI=1S/C22H24F3NO2S/c1-15(13-16-8-10-17(11-9-16)22(23,24)25)26-21(27)19-6-2-3-7-20(19)29-14-18-5-4-12-28-18/h2-3,6-11,15,18H,4-5,12-14H2,1H3,(H,26,27). The summed E-state index contributed by atoms with van der Waals surface area (Å²) in [4.78, 5) is 13.6. The van der Waals surface area contributed by atoms with Gasteiger partial charge in [0.25, 0.3) is 5.91 Å². The van der Waals surface area contributed by atoms with Crippen LogP contribution in [0.5, 0.6) is 0 Å². The minimum absolute atomic E-state index is 0.181. The number of hydrogen-bond acceptors (Lipinski definition) is 3. The fourth-order valence-electron chi connectivity index (χ4n) is 3.27. The number of amides is 1. The van der Waals surface area contributed by atoms with Crippen molar-refractivity contribution in [1.82, 2.24) is 5.32 Å². The molecule has 0 radical (unpaired) electrons. The lowest BCUT2D eigenvalue weighted by atomic mass is 10.0. The van der Waals surface area contributed by atoms with Crippen molar-refractivity contribution >= 4 is 17.7 Å². The van der Waals surface area contributed by atoms with Gasteiger partial charge in [0.2, 0.25) is 0 Å². The van der Waals surface area contributed by atoms with E-state index in [-0.39, 0.29) is 18.1 Å². The van der Waals surface area contributed by atoms with Crippen molar-refractivity contribution in [3.8, 4) is 0 Å². The first-order valence-corrected chi connectivity index (χ1v) is 10.6. The molecular formula is C22H24F3NO2S. The van der Waals surface area contributed by atoms with Gasteiger partial charge in [0, 0.05) is 23.3 Å². The van der Waals surface area contributed by atoms with Crippen molar-refractivity contribution in [3.05, 3.63) is 65.2 Å². The number of carbonyl (C=O) groups is 1. The van der Waals surface area contributed by atoms with Gasteiger partial charge in [0.1, 0.15) is 0 Å². The zero-order valence-electron chi connectivity index (χ0n) is 16.2. The van der Waals surface area contributed by atoms with Crippen LogP contribution >= 0.6 is 11.8 Å². The Balaban J connectivity index is 1.58. The van der Waals surface area contributed by atoms with Gasteiger partial charge in [-0.2, -0.15) is 13.2 Å². The lowest BCUT2D eigenvalue weighted by Crippen LogP contribution is -2.34. The Bertz CT molecular complexity index is 818. The van der Waals surface area contributed by atoms with Crippen LogP contribution in [0, 0.1) is 0 Å². The largest absolute Gasteiger partial charge is 0.416 e. The van der Waals surface area contributed by atoms with Crippen molar-refractivity contribution in [3.63, 3.8) is 0 Å². The summed E-state index contributed by atoms with van der Waals surface area (Å²) in [5.74, 6) is 0.630. The molecule has 156 valence electrons. The predicted octanol–water partition coefficient (Wildman–Crippen LogP) is 5.34. The van der Waals surface area contributed by atoms with Crippen LogP contribution in [0.15, 0.2) is 53.4 Å². The molecule has 7 heteroatoms. The van der Waals surface area contributed by atoms with E-state index >= 15 is 0 Å². The molecule has 3 rings (SSSR count). The highest BCUT2D eigenvalue weighted by Gasteiger charge is 2.30. The van der Waals surface area contributed by atoms with Gasteiger partial charge in [-0.15, -0.1) is 11.8 Å². The zero-order valence-corrected chi connectivity index (χ0v) is 17.0. The minimum Gasteiger partial charge on any atom is -0.377 e. The molecule has 0 spiro atoms. The number of halogens is 3. The average Bonchev–Trinajstić information content (AvgIpc) is 3.20. The number of hydrogen-bond donors (Lipinski definition) is 1. The van der Waals surface area contributed by atoms with Gasteiger partial charge < -0.3 is 10.1 Å². The van der Waals surface area contributed by atoms with E-state index in [1.807, 2.05) is 25.1 Å². The summed E-state index contributed by atoms with van der Waals surface area (Å²) in [5, 5.41) is 2.95. The van der Waals surface area contributed by atoms with E-state index in [4.69, 9.17) is 4.74 Å². The molecule has 2 unspecified atom stereocenters. The summed E-state index contributed by atoms with van der Waals surface area (Å²) in [6, 6.07) is 12.3. The topological polar surface area (TPSA) is 38.3 Å². The Kier molecular flexibility index (Phi) is 7.24. The summed E-state index contributed by atoms with van der Waals surface area (Å²) in [5.41, 5.74) is 0.678. The summed E-state index contributed by atoms with van der Waals surface area (Å²) in [6.07, 6.45) is -1.53. The molecule has 2 aromatic rings. The smallest absolute Gasteiger partial charge is 0.377 e. The SMILES string of the molecule is CC(Cc1ccc(C(F)(F)F)cc1)NC(=O)c1ccccc1SCC1CCCO1.